The number of rotatable bonds is 4. The summed E-state index contributed by atoms with van der Waals surface area (Å²) < 4.78 is 38.7. The fourth-order valence-electron chi connectivity index (χ4n) is 4.43. The summed E-state index contributed by atoms with van der Waals surface area (Å²) in [5, 5.41) is 0. The molecular weight excluding hydrogens is 446 g/mol. The molecule has 3 heterocycles. The lowest BCUT2D eigenvalue weighted by Gasteiger charge is -2.34. The van der Waals surface area contributed by atoms with E-state index in [-0.39, 0.29) is 42.9 Å². The van der Waals surface area contributed by atoms with Crippen LogP contribution >= 0.6 is 0 Å². The second kappa shape index (κ2) is 8.68. The van der Waals surface area contributed by atoms with Gasteiger partial charge in [-0.25, -0.2) is 8.42 Å². The van der Waals surface area contributed by atoms with Gasteiger partial charge in [0.2, 0.25) is 15.9 Å². The SMILES string of the molecule is O=C(c1ccccc1N1CCCC1=O)N1CCN(S(=O)(=O)c2ccc3c(c2)OCCO3)CC1. The normalized spacial score (nSPS) is 19.1. The standard InChI is InChI=1S/C23H25N3O6S/c27-22-6-3-9-26(22)19-5-2-1-4-18(19)23(28)24-10-12-25(13-11-24)33(29,30)17-7-8-20-21(16-17)32-15-14-31-20/h1-2,4-5,7-8,16H,3,6,9-15H2. The molecule has 0 aromatic heterocycles. The van der Waals surface area contributed by atoms with Crippen molar-refractivity contribution in [1.82, 2.24) is 9.21 Å². The molecule has 33 heavy (non-hydrogen) atoms. The molecule has 0 spiro atoms. The molecule has 0 bridgehead atoms. The van der Waals surface area contributed by atoms with Gasteiger partial charge in [-0.2, -0.15) is 4.31 Å². The van der Waals surface area contributed by atoms with Crippen molar-refractivity contribution in [3.05, 3.63) is 48.0 Å². The van der Waals surface area contributed by atoms with Crippen LogP contribution in [0.3, 0.4) is 0 Å². The van der Waals surface area contributed by atoms with E-state index >= 15 is 0 Å². The van der Waals surface area contributed by atoms with Crippen LogP contribution in [0, 0.1) is 0 Å². The lowest BCUT2D eigenvalue weighted by Crippen LogP contribution is -2.50. The maximum Gasteiger partial charge on any atom is 0.256 e. The number of para-hydroxylation sites is 1. The van der Waals surface area contributed by atoms with Gasteiger partial charge in [0, 0.05) is 45.2 Å². The second-order valence-corrected chi connectivity index (χ2v) is 10.1. The summed E-state index contributed by atoms with van der Waals surface area (Å²) in [4.78, 5) is 28.9. The van der Waals surface area contributed by atoms with Crippen LogP contribution in [-0.2, 0) is 14.8 Å². The van der Waals surface area contributed by atoms with Gasteiger partial charge >= 0.3 is 0 Å². The minimum atomic E-state index is -3.73. The molecular formula is C23H25N3O6S. The highest BCUT2D eigenvalue weighted by Gasteiger charge is 2.33. The molecule has 0 aliphatic carbocycles. The number of fused-ring (bicyclic) bond motifs is 1. The van der Waals surface area contributed by atoms with Crippen molar-refractivity contribution < 1.29 is 27.5 Å². The van der Waals surface area contributed by atoms with E-state index < -0.39 is 10.0 Å². The quantitative estimate of drug-likeness (QED) is 0.674. The maximum absolute atomic E-state index is 13.3. The Kier molecular flexibility index (Phi) is 5.71. The van der Waals surface area contributed by atoms with E-state index in [1.54, 1.807) is 34.1 Å². The van der Waals surface area contributed by atoms with Gasteiger partial charge < -0.3 is 19.3 Å². The zero-order valence-electron chi connectivity index (χ0n) is 18.1. The van der Waals surface area contributed by atoms with Crippen LogP contribution in [0.1, 0.15) is 23.2 Å². The number of carbonyl (C=O) groups excluding carboxylic acids is 2. The Bertz CT molecular complexity index is 1190. The Morgan fingerprint density at radius 1 is 0.879 bits per heavy atom. The third-order valence-electron chi connectivity index (χ3n) is 6.18. The first-order chi connectivity index (χ1) is 15.9. The maximum atomic E-state index is 13.3. The number of anilines is 1. The first kappa shape index (κ1) is 21.7. The molecule has 2 fully saturated rings. The molecule has 2 amide bonds. The van der Waals surface area contributed by atoms with Gasteiger partial charge in [-0.1, -0.05) is 12.1 Å². The van der Waals surface area contributed by atoms with Crippen LogP contribution in [0.15, 0.2) is 47.4 Å². The highest BCUT2D eigenvalue weighted by atomic mass is 32.2. The van der Waals surface area contributed by atoms with Crippen molar-refractivity contribution in [3.63, 3.8) is 0 Å². The summed E-state index contributed by atoms with van der Waals surface area (Å²) in [7, 11) is -3.73. The molecule has 9 nitrogen and oxygen atoms in total. The number of benzene rings is 2. The predicted molar refractivity (Wildman–Crippen MR) is 120 cm³/mol. The zero-order valence-corrected chi connectivity index (χ0v) is 18.9. The average molecular weight is 472 g/mol. The van der Waals surface area contributed by atoms with Crippen LogP contribution in [0.25, 0.3) is 0 Å². The van der Waals surface area contributed by atoms with E-state index in [0.717, 1.165) is 6.42 Å². The van der Waals surface area contributed by atoms with Crippen molar-refractivity contribution in [1.29, 1.82) is 0 Å². The number of amides is 2. The van der Waals surface area contributed by atoms with Crippen molar-refractivity contribution in [3.8, 4) is 11.5 Å². The van der Waals surface area contributed by atoms with Crippen LogP contribution in [0.5, 0.6) is 11.5 Å². The molecule has 0 unspecified atom stereocenters. The van der Waals surface area contributed by atoms with Crippen molar-refractivity contribution in [2.45, 2.75) is 17.7 Å². The Balaban J connectivity index is 1.30. The number of hydrogen-bond donors (Lipinski definition) is 0. The van der Waals surface area contributed by atoms with Gasteiger partial charge in [-0.3, -0.25) is 9.59 Å². The van der Waals surface area contributed by atoms with Crippen LogP contribution < -0.4 is 14.4 Å². The number of carbonyl (C=O) groups is 2. The van der Waals surface area contributed by atoms with E-state index in [1.165, 1.54) is 16.4 Å². The van der Waals surface area contributed by atoms with E-state index in [2.05, 4.69) is 0 Å². The minimum Gasteiger partial charge on any atom is -0.486 e. The molecule has 2 aromatic rings. The molecule has 2 aromatic carbocycles. The van der Waals surface area contributed by atoms with Gasteiger partial charge in [0.1, 0.15) is 13.2 Å². The minimum absolute atomic E-state index is 0.0191. The van der Waals surface area contributed by atoms with Gasteiger partial charge in [-0.05, 0) is 30.7 Å². The van der Waals surface area contributed by atoms with Crippen LogP contribution in [-0.4, -0.2) is 75.4 Å². The molecule has 3 aliphatic heterocycles. The fraction of sp³-hybridized carbons (Fsp3) is 0.391. The van der Waals surface area contributed by atoms with E-state index in [1.807, 2.05) is 6.07 Å². The summed E-state index contributed by atoms with van der Waals surface area (Å²) in [5.41, 5.74) is 1.09. The number of ether oxygens (including phenoxy) is 2. The average Bonchev–Trinajstić information content (AvgIpc) is 3.29. The largest absolute Gasteiger partial charge is 0.486 e. The summed E-state index contributed by atoms with van der Waals surface area (Å²) >= 11 is 0. The summed E-state index contributed by atoms with van der Waals surface area (Å²) in [6, 6.07) is 11.7. The van der Waals surface area contributed by atoms with Gasteiger partial charge in [-0.15, -0.1) is 0 Å². The number of sulfonamides is 1. The third-order valence-corrected chi connectivity index (χ3v) is 8.07. The summed E-state index contributed by atoms with van der Waals surface area (Å²) in [6.07, 6.45) is 1.26. The van der Waals surface area contributed by atoms with Gasteiger partial charge in [0.05, 0.1) is 16.1 Å². The van der Waals surface area contributed by atoms with Gasteiger partial charge in [0.15, 0.2) is 11.5 Å². The highest BCUT2D eigenvalue weighted by molar-refractivity contribution is 7.89. The smallest absolute Gasteiger partial charge is 0.256 e. The third kappa shape index (κ3) is 4.04. The molecule has 0 N–H and O–H groups in total. The lowest BCUT2D eigenvalue weighted by molar-refractivity contribution is -0.117. The first-order valence-electron chi connectivity index (χ1n) is 11.0. The zero-order chi connectivity index (χ0) is 23.0. The molecule has 0 atom stereocenters. The van der Waals surface area contributed by atoms with Crippen molar-refractivity contribution in [2.75, 3.05) is 50.8 Å². The number of hydrogen-bond acceptors (Lipinski definition) is 6. The van der Waals surface area contributed by atoms with Crippen molar-refractivity contribution in [2.24, 2.45) is 0 Å². The van der Waals surface area contributed by atoms with Crippen LogP contribution in [0.4, 0.5) is 5.69 Å². The highest BCUT2D eigenvalue weighted by Crippen LogP contribution is 2.33. The van der Waals surface area contributed by atoms with E-state index in [0.29, 0.717) is 48.9 Å². The molecule has 174 valence electrons. The first-order valence-corrected chi connectivity index (χ1v) is 12.5. The van der Waals surface area contributed by atoms with Gasteiger partial charge in [0.25, 0.3) is 5.91 Å². The van der Waals surface area contributed by atoms with Crippen LogP contribution in [0.2, 0.25) is 0 Å². The molecule has 3 aliphatic rings. The molecule has 2 saturated heterocycles. The Labute approximate surface area is 192 Å². The molecule has 0 saturated carbocycles. The Morgan fingerprint density at radius 2 is 1.61 bits per heavy atom. The monoisotopic (exact) mass is 471 g/mol. The predicted octanol–water partition coefficient (Wildman–Crippen LogP) is 1.73. The second-order valence-electron chi connectivity index (χ2n) is 8.17. The lowest BCUT2D eigenvalue weighted by atomic mass is 10.1. The summed E-state index contributed by atoms with van der Waals surface area (Å²) in [5.74, 6) is 0.780. The molecule has 5 rings (SSSR count). The topological polar surface area (TPSA) is 96.5 Å². The van der Waals surface area contributed by atoms with E-state index in [4.69, 9.17) is 9.47 Å². The van der Waals surface area contributed by atoms with E-state index in [9.17, 15) is 18.0 Å². The van der Waals surface area contributed by atoms with Crippen molar-refractivity contribution >= 4 is 27.5 Å². The Morgan fingerprint density at radius 3 is 2.33 bits per heavy atom. The summed E-state index contributed by atoms with van der Waals surface area (Å²) in [6.45, 7) is 2.33. The number of piperazine rings is 1. The molecule has 0 radical (unpaired) electrons. The Hall–Kier alpha value is -3.11. The fourth-order valence-corrected chi connectivity index (χ4v) is 5.87. The molecule has 10 heteroatoms. The number of nitrogens with zero attached hydrogens (tertiary/aromatic N) is 3.